The van der Waals surface area contributed by atoms with Gasteiger partial charge in [0.1, 0.15) is 0 Å². The monoisotopic (exact) mass is 259 g/mol. The van der Waals surface area contributed by atoms with E-state index in [2.05, 4.69) is 41.2 Å². The topological polar surface area (TPSA) is 29.9 Å². The summed E-state index contributed by atoms with van der Waals surface area (Å²) in [5.74, 6) is 4.79. The molecule has 1 aromatic heterocycles. The summed E-state index contributed by atoms with van der Waals surface area (Å²) in [7, 11) is 0. The van der Waals surface area contributed by atoms with Gasteiger partial charge in [0, 0.05) is 18.8 Å². The van der Waals surface area contributed by atoms with Crippen LogP contribution in [-0.2, 0) is 6.54 Å². The molecule has 0 aromatic carbocycles. The van der Waals surface area contributed by atoms with Crippen LogP contribution in [0.3, 0.4) is 0 Å². The number of rotatable bonds is 5. The summed E-state index contributed by atoms with van der Waals surface area (Å²) < 4.78 is 2.49. The van der Waals surface area contributed by atoms with Gasteiger partial charge in [0.15, 0.2) is 0 Å². The Bertz CT molecular complexity index is 448. The molecule has 3 nitrogen and oxygen atoms in total. The zero-order valence-corrected chi connectivity index (χ0v) is 12.0. The van der Waals surface area contributed by atoms with Gasteiger partial charge in [0.05, 0.1) is 12.0 Å². The van der Waals surface area contributed by atoms with Crippen molar-refractivity contribution in [3.8, 4) is 0 Å². The van der Waals surface area contributed by atoms with Gasteiger partial charge in [-0.25, -0.2) is 4.98 Å². The number of aromatic nitrogens is 2. The maximum Gasteiger partial charge on any atom is 0.0951 e. The predicted molar refractivity (Wildman–Crippen MR) is 75.6 cm³/mol. The zero-order valence-electron chi connectivity index (χ0n) is 12.0. The highest BCUT2D eigenvalue weighted by Gasteiger charge is 2.65. The first-order chi connectivity index (χ1) is 9.25. The minimum Gasteiger partial charge on any atom is -0.330 e. The molecule has 104 valence electrons. The first-order valence-electron chi connectivity index (χ1n) is 7.97. The molecular formula is C16H25N3. The van der Waals surface area contributed by atoms with E-state index < -0.39 is 0 Å². The highest BCUT2D eigenvalue weighted by Crippen LogP contribution is 2.71. The average molecular weight is 259 g/mol. The molecule has 4 rings (SSSR count). The number of nitrogens with one attached hydrogen (secondary N) is 1. The summed E-state index contributed by atoms with van der Waals surface area (Å²) in [5.41, 5.74) is 1.39. The number of hydrogen-bond donors (Lipinski definition) is 1. The number of fused-ring (bicyclic) bond motifs is 5. The van der Waals surface area contributed by atoms with E-state index in [9.17, 15) is 0 Å². The van der Waals surface area contributed by atoms with Gasteiger partial charge in [0.25, 0.3) is 0 Å². The van der Waals surface area contributed by atoms with E-state index in [4.69, 9.17) is 0 Å². The quantitative estimate of drug-likeness (QED) is 0.881. The Morgan fingerprint density at radius 1 is 1.32 bits per heavy atom. The summed E-state index contributed by atoms with van der Waals surface area (Å²) in [4.78, 5) is 4.40. The van der Waals surface area contributed by atoms with Crippen molar-refractivity contribution in [2.75, 3.05) is 6.54 Å². The third kappa shape index (κ3) is 1.85. The van der Waals surface area contributed by atoms with Crippen LogP contribution >= 0.6 is 0 Å². The van der Waals surface area contributed by atoms with E-state index in [-0.39, 0.29) is 0 Å². The van der Waals surface area contributed by atoms with E-state index in [1.54, 1.807) is 0 Å². The molecule has 3 saturated carbocycles. The Labute approximate surface area is 115 Å². The molecule has 3 fully saturated rings. The first-order valence-corrected chi connectivity index (χ1v) is 7.97. The SMILES string of the molecule is CC(C)CNCc1cncn1C1C2C3CCC(C3)C21. The molecule has 3 aliphatic rings. The van der Waals surface area contributed by atoms with Crippen LogP contribution in [0.2, 0.25) is 0 Å². The van der Waals surface area contributed by atoms with E-state index in [0.29, 0.717) is 5.92 Å². The molecular weight excluding hydrogens is 234 g/mol. The summed E-state index contributed by atoms with van der Waals surface area (Å²) in [6.07, 6.45) is 8.66. The number of nitrogens with zero attached hydrogens (tertiary/aromatic N) is 2. The summed E-state index contributed by atoms with van der Waals surface area (Å²) in [6.45, 7) is 6.58. The second kappa shape index (κ2) is 4.34. The molecule has 19 heavy (non-hydrogen) atoms. The highest BCUT2D eigenvalue weighted by atomic mass is 15.2. The van der Waals surface area contributed by atoms with Crippen LogP contribution in [-0.4, -0.2) is 16.1 Å². The van der Waals surface area contributed by atoms with Crippen molar-refractivity contribution in [1.29, 1.82) is 0 Å². The molecule has 3 heteroatoms. The second-order valence-electron chi connectivity index (χ2n) is 7.30. The van der Waals surface area contributed by atoms with Crippen LogP contribution in [0.15, 0.2) is 12.5 Å². The zero-order chi connectivity index (χ0) is 13.0. The Balaban J connectivity index is 1.44. The summed E-state index contributed by atoms with van der Waals surface area (Å²) in [6, 6.07) is 0.796. The van der Waals surface area contributed by atoms with Crippen LogP contribution in [0.4, 0.5) is 0 Å². The van der Waals surface area contributed by atoms with Crippen LogP contribution in [0.25, 0.3) is 0 Å². The van der Waals surface area contributed by atoms with Crippen molar-refractivity contribution in [2.24, 2.45) is 29.6 Å². The molecule has 0 saturated heterocycles. The minimum atomic E-state index is 0.715. The summed E-state index contributed by atoms with van der Waals surface area (Å²) >= 11 is 0. The lowest BCUT2D eigenvalue weighted by Gasteiger charge is -2.14. The molecule has 1 N–H and O–H groups in total. The molecule has 4 unspecified atom stereocenters. The van der Waals surface area contributed by atoms with Crippen LogP contribution in [0, 0.1) is 29.6 Å². The minimum absolute atomic E-state index is 0.715. The van der Waals surface area contributed by atoms with E-state index in [1.165, 1.54) is 25.0 Å². The molecule has 1 heterocycles. The molecule has 0 spiro atoms. The van der Waals surface area contributed by atoms with Gasteiger partial charge in [-0.15, -0.1) is 0 Å². The molecule has 2 bridgehead atoms. The second-order valence-corrected chi connectivity index (χ2v) is 7.30. The number of imidazole rings is 1. The van der Waals surface area contributed by atoms with E-state index >= 15 is 0 Å². The lowest BCUT2D eigenvalue weighted by atomic mass is 10.0. The Kier molecular flexibility index (Phi) is 2.73. The summed E-state index contributed by atoms with van der Waals surface area (Å²) in [5, 5.41) is 3.55. The van der Waals surface area contributed by atoms with Crippen molar-refractivity contribution >= 4 is 0 Å². The molecule has 0 aliphatic heterocycles. The highest BCUT2D eigenvalue weighted by molar-refractivity contribution is 5.18. The number of hydrogen-bond acceptors (Lipinski definition) is 2. The Morgan fingerprint density at radius 3 is 2.74 bits per heavy atom. The maximum absolute atomic E-state index is 4.40. The molecule has 3 aliphatic carbocycles. The maximum atomic E-state index is 4.40. The molecule has 1 aromatic rings. The van der Waals surface area contributed by atoms with Crippen molar-refractivity contribution in [2.45, 2.75) is 45.7 Å². The Morgan fingerprint density at radius 2 is 2.05 bits per heavy atom. The fraction of sp³-hybridized carbons (Fsp3) is 0.812. The predicted octanol–water partition coefficient (Wildman–Crippen LogP) is 2.85. The van der Waals surface area contributed by atoms with Crippen LogP contribution < -0.4 is 5.32 Å². The standard InChI is InChI=1S/C16H25N3/c1-10(2)6-17-7-13-8-18-9-19(13)16-14-11-3-4-12(5-11)15(14)16/h8-12,14-17H,3-7H2,1-2H3. The first kappa shape index (κ1) is 12.0. The van der Waals surface area contributed by atoms with Crippen LogP contribution in [0.5, 0.6) is 0 Å². The van der Waals surface area contributed by atoms with Gasteiger partial charge in [-0.3, -0.25) is 0 Å². The van der Waals surface area contributed by atoms with Crippen molar-refractivity contribution < 1.29 is 0 Å². The van der Waals surface area contributed by atoms with E-state index in [1.807, 2.05) is 0 Å². The van der Waals surface area contributed by atoms with Gasteiger partial charge < -0.3 is 9.88 Å². The normalized spacial score (nSPS) is 39.0. The van der Waals surface area contributed by atoms with Crippen LogP contribution in [0.1, 0.15) is 44.8 Å². The van der Waals surface area contributed by atoms with Gasteiger partial charge in [-0.05, 0) is 55.4 Å². The third-order valence-electron chi connectivity index (χ3n) is 5.62. The van der Waals surface area contributed by atoms with Gasteiger partial charge in [-0.2, -0.15) is 0 Å². The smallest absolute Gasteiger partial charge is 0.0951 e. The van der Waals surface area contributed by atoms with Gasteiger partial charge in [0.2, 0.25) is 0 Å². The fourth-order valence-electron chi connectivity index (χ4n) is 4.88. The average Bonchev–Trinajstić information content (AvgIpc) is 2.78. The van der Waals surface area contributed by atoms with Gasteiger partial charge >= 0.3 is 0 Å². The lowest BCUT2D eigenvalue weighted by molar-refractivity contribution is 0.441. The Hall–Kier alpha value is -0.830. The molecule has 0 amide bonds. The molecule has 0 radical (unpaired) electrons. The lowest BCUT2D eigenvalue weighted by Crippen LogP contribution is -2.21. The third-order valence-corrected chi connectivity index (χ3v) is 5.62. The van der Waals surface area contributed by atoms with Crippen molar-refractivity contribution in [3.63, 3.8) is 0 Å². The van der Waals surface area contributed by atoms with Crippen molar-refractivity contribution in [1.82, 2.24) is 14.9 Å². The fourth-order valence-corrected chi connectivity index (χ4v) is 4.88. The van der Waals surface area contributed by atoms with Crippen molar-refractivity contribution in [3.05, 3.63) is 18.2 Å². The molecule has 4 atom stereocenters. The largest absolute Gasteiger partial charge is 0.330 e. The van der Waals surface area contributed by atoms with Gasteiger partial charge in [-0.1, -0.05) is 13.8 Å². The van der Waals surface area contributed by atoms with E-state index in [0.717, 1.165) is 42.8 Å².